The lowest BCUT2D eigenvalue weighted by Crippen LogP contribution is -2.34. The maximum Gasteiger partial charge on any atom is 0.101 e. The van der Waals surface area contributed by atoms with Crippen molar-refractivity contribution in [3.05, 3.63) is 29.8 Å². The van der Waals surface area contributed by atoms with Crippen molar-refractivity contribution >= 4 is 17.3 Å². The Morgan fingerprint density at radius 1 is 1.46 bits per heavy atom. The minimum Gasteiger partial charge on any atom is -0.352 e. The zero-order valence-electron chi connectivity index (χ0n) is 8.00. The molecular formula is C11H14ClN. The quantitative estimate of drug-likeness (QED) is 0.492. The maximum absolute atomic E-state index is 6.13. The van der Waals surface area contributed by atoms with Crippen LogP contribution >= 0.6 is 11.6 Å². The highest BCUT2D eigenvalue weighted by Gasteiger charge is 2.27. The van der Waals surface area contributed by atoms with Crippen LogP contribution < -0.4 is 4.90 Å². The summed E-state index contributed by atoms with van der Waals surface area (Å²) in [5.74, 6) is 0. The van der Waals surface area contributed by atoms with Gasteiger partial charge in [-0.2, -0.15) is 0 Å². The molecule has 1 aliphatic rings. The van der Waals surface area contributed by atoms with E-state index in [-0.39, 0.29) is 5.50 Å². The van der Waals surface area contributed by atoms with Crippen LogP contribution in [0.4, 0.5) is 5.69 Å². The Hall–Kier alpha value is -0.690. The fourth-order valence-corrected chi connectivity index (χ4v) is 2.43. The number of anilines is 1. The summed E-state index contributed by atoms with van der Waals surface area (Å²) in [5, 5.41) is 0. The van der Waals surface area contributed by atoms with Crippen LogP contribution in [0, 0.1) is 0 Å². The lowest BCUT2D eigenvalue weighted by Gasteiger charge is -2.27. The van der Waals surface area contributed by atoms with Crippen molar-refractivity contribution in [2.45, 2.75) is 31.8 Å². The summed E-state index contributed by atoms with van der Waals surface area (Å²) in [4.78, 5) is 2.27. The number of hydrogen-bond acceptors (Lipinski definition) is 1. The maximum atomic E-state index is 6.13. The summed E-state index contributed by atoms with van der Waals surface area (Å²) in [5.41, 5.74) is 2.80. The molecule has 70 valence electrons. The van der Waals surface area contributed by atoms with E-state index in [2.05, 4.69) is 36.1 Å². The smallest absolute Gasteiger partial charge is 0.101 e. The Kier molecular flexibility index (Phi) is 2.20. The Balaban J connectivity index is 2.40. The lowest BCUT2D eigenvalue weighted by molar-refractivity contribution is 0.665. The van der Waals surface area contributed by atoms with Gasteiger partial charge in [0, 0.05) is 11.7 Å². The third kappa shape index (κ3) is 1.42. The molecule has 2 atom stereocenters. The molecule has 2 unspecified atom stereocenters. The van der Waals surface area contributed by atoms with E-state index in [0.29, 0.717) is 6.04 Å². The van der Waals surface area contributed by atoms with Crippen LogP contribution in [0.25, 0.3) is 0 Å². The van der Waals surface area contributed by atoms with Gasteiger partial charge in [-0.05, 0) is 31.9 Å². The van der Waals surface area contributed by atoms with E-state index < -0.39 is 0 Å². The second-order valence-corrected chi connectivity index (χ2v) is 4.29. The van der Waals surface area contributed by atoms with Gasteiger partial charge in [0.15, 0.2) is 0 Å². The van der Waals surface area contributed by atoms with E-state index in [4.69, 9.17) is 11.6 Å². The molecule has 0 spiro atoms. The molecule has 13 heavy (non-hydrogen) atoms. The van der Waals surface area contributed by atoms with Gasteiger partial charge in [0.05, 0.1) is 0 Å². The highest BCUT2D eigenvalue weighted by Crippen LogP contribution is 2.34. The average molecular weight is 196 g/mol. The van der Waals surface area contributed by atoms with Crippen molar-refractivity contribution in [3.63, 3.8) is 0 Å². The lowest BCUT2D eigenvalue weighted by atomic mass is 10.1. The monoisotopic (exact) mass is 195 g/mol. The first-order valence-electron chi connectivity index (χ1n) is 4.70. The Morgan fingerprint density at radius 3 is 2.85 bits per heavy atom. The molecule has 1 aromatic carbocycles. The van der Waals surface area contributed by atoms with Gasteiger partial charge in [-0.3, -0.25) is 0 Å². The van der Waals surface area contributed by atoms with E-state index >= 15 is 0 Å². The third-order valence-electron chi connectivity index (χ3n) is 2.64. The molecule has 0 saturated heterocycles. The molecule has 0 aliphatic carbocycles. The second-order valence-electron chi connectivity index (χ2n) is 3.66. The van der Waals surface area contributed by atoms with Crippen molar-refractivity contribution in [1.29, 1.82) is 0 Å². The van der Waals surface area contributed by atoms with Crippen molar-refractivity contribution in [1.82, 2.24) is 0 Å². The number of fused-ring (bicyclic) bond motifs is 1. The number of para-hydroxylation sites is 1. The van der Waals surface area contributed by atoms with Crippen molar-refractivity contribution < 1.29 is 0 Å². The van der Waals surface area contributed by atoms with Crippen LogP contribution in [-0.2, 0) is 6.42 Å². The number of halogens is 1. The molecule has 0 radical (unpaired) electrons. The zero-order chi connectivity index (χ0) is 9.42. The number of nitrogens with zero attached hydrogens (tertiary/aromatic N) is 1. The summed E-state index contributed by atoms with van der Waals surface area (Å²) in [6.45, 7) is 4.25. The fourth-order valence-electron chi connectivity index (χ4n) is 2.13. The minimum atomic E-state index is 0.0821. The van der Waals surface area contributed by atoms with Crippen molar-refractivity contribution in [3.8, 4) is 0 Å². The van der Waals surface area contributed by atoms with Gasteiger partial charge in [0.25, 0.3) is 0 Å². The van der Waals surface area contributed by atoms with Crippen LogP contribution in [0.1, 0.15) is 19.4 Å². The van der Waals surface area contributed by atoms with Crippen molar-refractivity contribution in [2.75, 3.05) is 4.90 Å². The molecule has 0 bridgehead atoms. The van der Waals surface area contributed by atoms with E-state index in [9.17, 15) is 0 Å². The van der Waals surface area contributed by atoms with Crippen LogP contribution in [0.3, 0.4) is 0 Å². The number of alkyl halides is 1. The highest BCUT2D eigenvalue weighted by molar-refractivity contribution is 6.21. The summed E-state index contributed by atoms with van der Waals surface area (Å²) in [7, 11) is 0. The molecule has 1 nitrogen and oxygen atoms in total. The second kappa shape index (κ2) is 3.22. The van der Waals surface area contributed by atoms with Gasteiger partial charge in [0.1, 0.15) is 5.50 Å². The molecule has 0 amide bonds. The Labute approximate surface area is 84.3 Å². The largest absolute Gasteiger partial charge is 0.352 e. The summed E-state index contributed by atoms with van der Waals surface area (Å²) < 4.78 is 0. The van der Waals surface area contributed by atoms with Crippen LogP contribution in [0.2, 0.25) is 0 Å². The first kappa shape index (κ1) is 8.89. The van der Waals surface area contributed by atoms with Gasteiger partial charge in [0.2, 0.25) is 0 Å². The first-order valence-corrected chi connectivity index (χ1v) is 5.14. The van der Waals surface area contributed by atoms with Crippen LogP contribution in [0.5, 0.6) is 0 Å². The molecule has 0 N–H and O–H groups in total. The Morgan fingerprint density at radius 2 is 2.15 bits per heavy atom. The van der Waals surface area contributed by atoms with Crippen LogP contribution in [0.15, 0.2) is 24.3 Å². The minimum absolute atomic E-state index is 0.0821. The summed E-state index contributed by atoms with van der Waals surface area (Å²) >= 11 is 6.13. The van der Waals surface area contributed by atoms with Gasteiger partial charge >= 0.3 is 0 Å². The van der Waals surface area contributed by atoms with E-state index in [1.807, 2.05) is 6.92 Å². The predicted molar refractivity (Wildman–Crippen MR) is 57.4 cm³/mol. The van der Waals surface area contributed by atoms with E-state index in [1.54, 1.807) is 0 Å². The van der Waals surface area contributed by atoms with Crippen LogP contribution in [-0.4, -0.2) is 11.5 Å². The molecule has 0 fully saturated rings. The highest BCUT2D eigenvalue weighted by atomic mass is 35.5. The molecule has 2 heteroatoms. The summed E-state index contributed by atoms with van der Waals surface area (Å²) in [6, 6.07) is 9.03. The first-order chi connectivity index (χ1) is 6.20. The molecule has 1 heterocycles. The Bertz CT molecular complexity index is 309. The van der Waals surface area contributed by atoms with E-state index in [0.717, 1.165) is 6.42 Å². The molecule has 1 aliphatic heterocycles. The van der Waals surface area contributed by atoms with E-state index in [1.165, 1.54) is 11.3 Å². The van der Waals surface area contributed by atoms with Crippen molar-refractivity contribution in [2.24, 2.45) is 0 Å². The molecule has 2 rings (SSSR count). The molecular weight excluding hydrogens is 182 g/mol. The van der Waals surface area contributed by atoms with Gasteiger partial charge in [-0.1, -0.05) is 29.8 Å². The average Bonchev–Trinajstić information content (AvgIpc) is 2.39. The molecule has 1 aromatic rings. The normalized spacial score (nSPS) is 23.0. The zero-order valence-corrected chi connectivity index (χ0v) is 8.75. The number of benzene rings is 1. The standard InChI is InChI=1S/C11H14ClN/c1-8-7-10-5-3-4-6-11(10)13(8)9(2)12/h3-6,8-9H,7H2,1-2H3. The molecule has 0 aromatic heterocycles. The number of rotatable bonds is 1. The van der Waals surface area contributed by atoms with Gasteiger partial charge in [-0.15, -0.1) is 0 Å². The molecule has 0 saturated carbocycles. The fraction of sp³-hybridized carbons (Fsp3) is 0.455. The predicted octanol–water partition coefficient (Wildman–Crippen LogP) is 3.02. The van der Waals surface area contributed by atoms with Gasteiger partial charge in [-0.25, -0.2) is 0 Å². The topological polar surface area (TPSA) is 3.24 Å². The number of hydrogen-bond donors (Lipinski definition) is 0. The van der Waals surface area contributed by atoms with Gasteiger partial charge < -0.3 is 4.90 Å². The third-order valence-corrected chi connectivity index (χ3v) is 2.85. The SMILES string of the molecule is CC(Cl)N1c2ccccc2CC1C. The summed E-state index contributed by atoms with van der Waals surface area (Å²) in [6.07, 6.45) is 1.12.